The summed E-state index contributed by atoms with van der Waals surface area (Å²) < 4.78 is 207. The normalized spacial score (nSPS) is 19.0. The highest BCUT2D eigenvalue weighted by atomic mass is 32.2. The van der Waals surface area contributed by atoms with Gasteiger partial charge in [-0.2, -0.15) is 65.9 Å². The fourth-order valence-corrected chi connectivity index (χ4v) is 1.15. The van der Waals surface area contributed by atoms with Crippen molar-refractivity contribution in [3.05, 3.63) is 0 Å². The standard InChI is InChI=1S/C7HF15O4S/c8-1(2(9,10)11,25-6(19,20)7(21,22)27(23)24)4(15,16)26-5(17,18)3(12,13)14/h(H,23,24). The number of rotatable bonds is 7. The molecule has 0 aliphatic carbocycles. The lowest BCUT2D eigenvalue weighted by atomic mass is 10.2. The zero-order valence-electron chi connectivity index (χ0n) is 11.2. The van der Waals surface area contributed by atoms with Crippen molar-refractivity contribution < 1.29 is 84.1 Å². The van der Waals surface area contributed by atoms with Gasteiger partial charge in [0, 0.05) is 0 Å². The highest BCUT2D eigenvalue weighted by molar-refractivity contribution is 7.80. The van der Waals surface area contributed by atoms with Crippen LogP contribution in [0.25, 0.3) is 0 Å². The molecule has 0 heterocycles. The summed E-state index contributed by atoms with van der Waals surface area (Å²) in [6.07, 6.45) is -37.3. The molecule has 2 unspecified atom stereocenters. The molecule has 0 fully saturated rings. The Labute approximate surface area is 138 Å². The molecule has 0 aromatic rings. The number of alkyl halides is 15. The molecule has 0 radical (unpaired) electrons. The smallest absolute Gasteiger partial charge is 0.301 e. The molecule has 0 saturated heterocycles. The lowest BCUT2D eigenvalue weighted by Crippen LogP contribution is -2.65. The van der Waals surface area contributed by atoms with Crippen LogP contribution in [0.4, 0.5) is 65.9 Å². The highest BCUT2D eigenvalue weighted by Gasteiger charge is 2.83. The lowest BCUT2D eigenvalue weighted by molar-refractivity contribution is -0.551. The van der Waals surface area contributed by atoms with Crippen LogP contribution in [0.3, 0.4) is 0 Å². The largest absolute Gasteiger partial charge is 0.483 e. The summed E-state index contributed by atoms with van der Waals surface area (Å²) in [6.45, 7) is 0. The third kappa shape index (κ3) is 4.70. The molecule has 1 N–H and O–H groups in total. The molecule has 0 bridgehead atoms. The van der Waals surface area contributed by atoms with Gasteiger partial charge in [0.05, 0.1) is 0 Å². The van der Waals surface area contributed by atoms with E-state index in [2.05, 4.69) is 0 Å². The lowest BCUT2D eigenvalue weighted by Gasteiger charge is -2.38. The topological polar surface area (TPSA) is 55.8 Å². The Morgan fingerprint density at radius 1 is 0.556 bits per heavy atom. The molecule has 27 heavy (non-hydrogen) atoms. The van der Waals surface area contributed by atoms with Gasteiger partial charge >= 0.3 is 41.8 Å². The van der Waals surface area contributed by atoms with Crippen molar-refractivity contribution >= 4 is 11.1 Å². The third-order valence-corrected chi connectivity index (χ3v) is 2.83. The van der Waals surface area contributed by atoms with Crippen LogP contribution in [-0.2, 0) is 20.6 Å². The first-order valence-corrected chi connectivity index (χ1v) is 6.31. The van der Waals surface area contributed by atoms with Gasteiger partial charge in [0.15, 0.2) is 0 Å². The van der Waals surface area contributed by atoms with Gasteiger partial charge in [0.1, 0.15) is 0 Å². The van der Waals surface area contributed by atoms with Crippen molar-refractivity contribution in [2.24, 2.45) is 0 Å². The van der Waals surface area contributed by atoms with E-state index in [1.807, 2.05) is 0 Å². The van der Waals surface area contributed by atoms with Gasteiger partial charge in [-0.25, -0.2) is 8.95 Å². The molecule has 0 amide bonds. The molecular formula is C7HF15O4S. The second kappa shape index (κ2) is 6.79. The first-order chi connectivity index (χ1) is 11.4. The molecule has 0 rings (SSSR count). The van der Waals surface area contributed by atoms with E-state index in [1.165, 1.54) is 9.47 Å². The first-order valence-electron chi connectivity index (χ1n) is 5.20. The fourth-order valence-electron chi connectivity index (χ4n) is 0.904. The fraction of sp³-hybridized carbons (Fsp3) is 1.00. The average molecular weight is 466 g/mol. The summed E-state index contributed by atoms with van der Waals surface area (Å²) in [6, 6.07) is 0. The van der Waals surface area contributed by atoms with Crippen LogP contribution in [0.2, 0.25) is 0 Å². The second-order valence-corrected chi connectivity index (χ2v) is 5.12. The van der Waals surface area contributed by atoms with Crippen molar-refractivity contribution in [1.29, 1.82) is 0 Å². The van der Waals surface area contributed by atoms with E-state index in [9.17, 15) is 70.1 Å². The summed E-state index contributed by atoms with van der Waals surface area (Å²) in [7, 11) is 0. The van der Waals surface area contributed by atoms with Gasteiger partial charge in [-0.05, 0) is 0 Å². The maximum Gasteiger partial charge on any atom is 0.483 e. The van der Waals surface area contributed by atoms with Gasteiger partial charge in [0.25, 0.3) is 0 Å². The van der Waals surface area contributed by atoms with Gasteiger partial charge in [0.2, 0.25) is 11.1 Å². The zero-order valence-corrected chi connectivity index (χ0v) is 12.1. The number of hydrogen-bond donors (Lipinski definition) is 1. The van der Waals surface area contributed by atoms with Crippen LogP contribution >= 0.6 is 0 Å². The summed E-state index contributed by atoms with van der Waals surface area (Å²) in [5.74, 6) is -7.78. The van der Waals surface area contributed by atoms with E-state index in [1.54, 1.807) is 0 Å². The van der Waals surface area contributed by atoms with Gasteiger partial charge in [-0.15, -0.1) is 0 Å². The number of halogens is 15. The van der Waals surface area contributed by atoms with Crippen molar-refractivity contribution in [2.45, 2.75) is 41.8 Å². The number of hydrogen-bond acceptors (Lipinski definition) is 3. The van der Waals surface area contributed by atoms with Gasteiger partial charge < -0.3 is 4.55 Å². The van der Waals surface area contributed by atoms with E-state index in [4.69, 9.17) is 4.55 Å². The van der Waals surface area contributed by atoms with Crippen LogP contribution in [0.15, 0.2) is 0 Å². The zero-order chi connectivity index (χ0) is 22.5. The summed E-state index contributed by atoms with van der Waals surface area (Å²) in [4.78, 5) is 0. The van der Waals surface area contributed by atoms with Crippen molar-refractivity contribution in [3.8, 4) is 0 Å². The average Bonchev–Trinajstić information content (AvgIpc) is 2.33. The summed E-state index contributed by atoms with van der Waals surface area (Å²) in [5.41, 5.74) is 0. The van der Waals surface area contributed by atoms with E-state index in [-0.39, 0.29) is 0 Å². The second-order valence-electron chi connectivity index (χ2n) is 4.11. The molecule has 0 saturated carbocycles. The van der Waals surface area contributed by atoms with Crippen molar-refractivity contribution in [2.75, 3.05) is 0 Å². The molecule has 20 heteroatoms. The van der Waals surface area contributed by atoms with Crippen molar-refractivity contribution in [1.82, 2.24) is 0 Å². The predicted molar refractivity (Wildman–Crippen MR) is 48.7 cm³/mol. The first kappa shape index (κ1) is 26.0. The Hall–Kier alpha value is -1.02. The van der Waals surface area contributed by atoms with Crippen LogP contribution in [0, 0.1) is 0 Å². The third-order valence-electron chi connectivity index (χ3n) is 2.15. The van der Waals surface area contributed by atoms with Gasteiger partial charge in [-0.1, -0.05) is 0 Å². The highest BCUT2D eigenvalue weighted by Crippen LogP contribution is 2.54. The van der Waals surface area contributed by atoms with Gasteiger partial charge in [-0.3, -0.25) is 4.74 Å². The quantitative estimate of drug-likeness (QED) is 0.447. The molecule has 0 aliphatic rings. The van der Waals surface area contributed by atoms with E-state index in [0.29, 0.717) is 0 Å². The maximum atomic E-state index is 13.4. The molecule has 0 aromatic carbocycles. The Balaban J connectivity index is 6.31. The maximum absolute atomic E-state index is 13.4. The Morgan fingerprint density at radius 3 is 1.19 bits per heavy atom. The minimum Gasteiger partial charge on any atom is -0.301 e. The van der Waals surface area contributed by atoms with Crippen LogP contribution < -0.4 is 0 Å². The molecule has 164 valence electrons. The summed E-state index contributed by atoms with van der Waals surface area (Å²) >= 11 is -5.22. The molecule has 4 nitrogen and oxygen atoms in total. The Morgan fingerprint density at radius 2 is 0.926 bits per heavy atom. The molecule has 0 spiro atoms. The SMILES string of the molecule is O=S(O)C(F)(F)C(F)(F)OC(F)(C(F)(F)F)C(F)(F)OC(F)(F)C(F)(F)F. The van der Waals surface area contributed by atoms with Crippen LogP contribution in [0.5, 0.6) is 0 Å². The van der Waals surface area contributed by atoms with Crippen LogP contribution in [-0.4, -0.2) is 50.5 Å². The Bertz CT molecular complexity index is 567. The number of ether oxygens (including phenoxy) is 2. The Kier molecular flexibility index (Phi) is 6.54. The minimum absolute atomic E-state index is 1.27. The predicted octanol–water partition coefficient (Wildman–Crippen LogP) is 4.40. The molecule has 0 aromatic heterocycles. The molecular weight excluding hydrogens is 465 g/mol. The van der Waals surface area contributed by atoms with E-state index < -0.39 is 52.9 Å². The van der Waals surface area contributed by atoms with E-state index in [0.717, 1.165) is 0 Å². The monoisotopic (exact) mass is 466 g/mol. The van der Waals surface area contributed by atoms with Crippen LogP contribution in [0.1, 0.15) is 0 Å². The molecule has 2 atom stereocenters. The molecule has 0 aliphatic heterocycles. The van der Waals surface area contributed by atoms with E-state index >= 15 is 0 Å². The van der Waals surface area contributed by atoms with Crippen molar-refractivity contribution in [3.63, 3.8) is 0 Å². The summed E-state index contributed by atoms with van der Waals surface area (Å²) in [5, 5.41) is -6.77. The minimum atomic E-state index is -7.78.